The first kappa shape index (κ1) is 17.6. The Morgan fingerprint density at radius 2 is 1.89 bits per heavy atom. The minimum atomic E-state index is -0.300. The first-order valence-corrected chi connectivity index (χ1v) is 9.63. The molecule has 0 bridgehead atoms. The van der Waals surface area contributed by atoms with Gasteiger partial charge in [-0.25, -0.2) is 4.79 Å². The van der Waals surface area contributed by atoms with E-state index in [-0.39, 0.29) is 24.2 Å². The van der Waals surface area contributed by atoms with Crippen molar-refractivity contribution < 1.29 is 4.79 Å². The van der Waals surface area contributed by atoms with E-state index in [0.29, 0.717) is 16.1 Å². The molecular formula is C20H16ClN3O2S. The van der Waals surface area contributed by atoms with Crippen LogP contribution >= 0.6 is 22.9 Å². The SMILES string of the molecule is O=C(Cn1c(=O)[nH]c2ccccc21)NC(c1ccc(Cl)cc1)c1cccs1. The van der Waals surface area contributed by atoms with E-state index in [1.807, 2.05) is 53.9 Å². The van der Waals surface area contributed by atoms with E-state index >= 15 is 0 Å². The lowest BCUT2D eigenvalue weighted by Crippen LogP contribution is -2.34. The molecule has 0 fully saturated rings. The standard InChI is InChI=1S/C20H16ClN3O2S/c21-14-9-7-13(8-10-14)19(17-6-3-11-27-17)23-18(25)12-24-16-5-2-1-4-15(16)22-20(24)26/h1-11,19H,12H2,(H,22,26)(H,23,25). The molecule has 0 aliphatic rings. The number of nitrogens with zero attached hydrogens (tertiary/aromatic N) is 1. The lowest BCUT2D eigenvalue weighted by Gasteiger charge is -2.18. The zero-order valence-electron chi connectivity index (χ0n) is 14.2. The lowest BCUT2D eigenvalue weighted by molar-refractivity contribution is -0.122. The molecule has 2 aromatic heterocycles. The highest BCUT2D eigenvalue weighted by atomic mass is 35.5. The second kappa shape index (κ2) is 7.42. The summed E-state index contributed by atoms with van der Waals surface area (Å²) in [5.41, 5.74) is 2.05. The molecule has 0 saturated heterocycles. The van der Waals surface area contributed by atoms with E-state index < -0.39 is 0 Å². The Morgan fingerprint density at radius 1 is 1.11 bits per heavy atom. The van der Waals surface area contributed by atoms with Gasteiger partial charge in [0.05, 0.1) is 17.1 Å². The number of rotatable bonds is 5. The molecule has 4 rings (SSSR count). The van der Waals surface area contributed by atoms with E-state index in [1.165, 1.54) is 4.57 Å². The molecule has 0 radical (unpaired) electrons. The largest absolute Gasteiger partial charge is 0.343 e. The molecule has 2 N–H and O–H groups in total. The molecular weight excluding hydrogens is 382 g/mol. The number of aromatic amines is 1. The highest BCUT2D eigenvalue weighted by molar-refractivity contribution is 7.10. The van der Waals surface area contributed by atoms with Crippen molar-refractivity contribution in [3.05, 3.63) is 92.0 Å². The number of para-hydroxylation sites is 2. The van der Waals surface area contributed by atoms with Crippen molar-refractivity contribution in [1.82, 2.24) is 14.9 Å². The topological polar surface area (TPSA) is 66.9 Å². The second-order valence-electron chi connectivity index (χ2n) is 6.10. The van der Waals surface area contributed by atoms with E-state index in [4.69, 9.17) is 11.6 Å². The van der Waals surface area contributed by atoms with Crippen LogP contribution in [0.4, 0.5) is 0 Å². The number of benzene rings is 2. The van der Waals surface area contributed by atoms with E-state index in [9.17, 15) is 9.59 Å². The Labute approximate surface area is 164 Å². The maximum absolute atomic E-state index is 12.7. The van der Waals surface area contributed by atoms with Crippen LogP contribution in [0.25, 0.3) is 11.0 Å². The van der Waals surface area contributed by atoms with Crippen LogP contribution in [0.3, 0.4) is 0 Å². The summed E-state index contributed by atoms with van der Waals surface area (Å²) in [6, 6.07) is 18.3. The fraction of sp³-hybridized carbons (Fsp3) is 0.100. The van der Waals surface area contributed by atoms with Gasteiger partial charge in [-0.3, -0.25) is 9.36 Å². The number of carbonyl (C=O) groups is 1. The summed E-state index contributed by atoms with van der Waals surface area (Å²) in [6.45, 7) is -0.0572. The van der Waals surface area contributed by atoms with Gasteiger partial charge in [0, 0.05) is 9.90 Å². The molecule has 27 heavy (non-hydrogen) atoms. The van der Waals surface area contributed by atoms with Gasteiger partial charge in [0.25, 0.3) is 0 Å². The van der Waals surface area contributed by atoms with Crippen molar-refractivity contribution in [3.63, 3.8) is 0 Å². The van der Waals surface area contributed by atoms with Crippen molar-refractivity contribution in [3.8, 4) is 0 Å². The Hall–Kier alpha value is -2.83. The minimum Gasteiger partial charge on any atom is -0.343 e. The summed E-state index contributed by atoms with van der Waals surface area (Å²) in [5, 5.41) is 5.65. The molecule has 0 aliphatic carbocycles. The molecule has 1 amide bonds. The average Bonchev–Trinajstić information content (AvgIpc) is 3.29. The maximum atomic E-state index is 12.7. The third kappa shape index (κ3) is 3.67. The van der Waals surface area contributed by atoms with Gasteiger partial charge in [0.1, 0.15) is 6.54 Å². The van der Waals surface area contributed by atoms with Crippen molar-refractivity contribution in [1.29, 1.82) is 0 Å². The molecule has 4 aromatic rings. The van der Waals surface area contributed by atoms with Gasteiger partial charge in [-0.05, 0) is 41.3 Å². The van der Waals surface area contributed by atoms with Crippen LogP contribution < -0.4 is 11.0 Å². The number of thiophene rings is 1. The number of aromatic nitrogens is 2. The van der Waals surface area contributed by atoms with Gasteiger partial charge in [-0.1, -0.05) is 41.9 Å². The molecule has 1 atom stereocenters. The number of carbonyl (C=O) groups excluding carboxylic acids is 1. The number of H-pyrrole nitrogens is 1. The summed E-state index contributed by atoms with van der Waals surface area (Å²) in [6.07, 6.45) is 0. The fourth-order valence-corrected chi connectivity index (χ4v) is 3.97. The minimum absolute atomic E-state index is 0.0572. The molecule has 0 saturated carbocycles. The summed E-state index contributed by atoms with van der Waals surface area (Å²) in [4.78, 5) is 28.7. The van der Waals surface area contributed by atoms with Crippen LogP contribution in [-0.4, -0.2) is 15.5 Å². The highest BCUT2D eigenvalue weighted by Gasteiger charge is 2.19. The van der Waals surface area contributed by atoms with Gasteiger partial charge < -0.3 is 10.3 Å². The van der Waals surface area contributed by atoms with Crippen molar-refractivity contribution >= 4 is 39.9 Å². The predicted molar refractivity (Wildman–Crippen MR) is 108 cm³/mol. The lowest BCUT2D eigenvalue weighted by atomic mass is 10.1. The number of amides is 1. The summed E-state index contributed by atoms with van der Waals surface area (Å²) >= 11 is 7.55. The molecule has 2 heterocycles. The summed E-state index contributed by atoms with van der Waals surface area (Å²) in [5.74, 6) is -0.241. The van der Waals surface area contributed by atoms with E-state index in [0.717, 1.165) is 10.4 Å². The van der Waals surface area contributed by atoms with Crippen LogP contribution in [0.15, 0.2) is 70.8 Å². The van der Waals surface area contributed by atoms with Crippen molar-refractivity contribution in [2.75, 3.05) is 0 Å². The van der Waals surface area contributed by atoms with E-state index in [2.05, 4.69) is 10.3 Å². The number of halogens is 1. The van der Waals surface area contributed by atoms with Gasteiger partial charge in [0.15, 0.2) is 0 Å². The van der Waals surface area contributed by atoms with Gasteiger partial charge in [-0.15, -0.1) is 11.3 Å². The van der Waals surface area contributed by atoms with Crippen LogP contribution in [-0.2, 0) is 11.3 Å². The summed E-state index contributed by atoms with van der Waals surface area (Å²) in [7, 11) is 0. The zero-order valence-corrected chi connectivity index (χ0v) is 15.8. The monoisotopic (exact) mass is 397 g/mol. The molecule has 0 aliphatic heterocycles. The molecule has 5 nitrogen and oxygen atoms in total. The van der Waals surface area contributed by atoms with Gasteiger partial charge in [0.2, 0.25) is 5.91 Å². The molecule has 7 heteroatoms. The Morgan fingerprint density at radius 3 is 2.63 bits per heavy atom. The second-order valence-corrected chi connectivity index (χ2v) is 7.52. The first-order chi connectivity index (χ1) is 13.1. The average molecular weight is 398 g/mol. The molecule has 2 aromatic carbocycles. The smallest absolute Gasteiger partial charge is 0.326 e. The summed E-state index contributed by atoms with van der Waals surface area (Å²) < 4.78 is 1.44. The third-order valence-corrected chi connectivity index (χ3v) is 5.51. The molecule has 0 spiro atoms. The van der Waals surface area contributed by atoms with Crippen LogP contribution in [0.2, 0.25) is 5.02 Å². The van der Waals surface area contributed by atoms with Gasteiger partial charge >= 0.3 is 5.69 Å². The Bertz CT molecular complexity index is 1130. The third-order valence-electron chi connectivity index (χ3n) is 4.32. The van der Waals surface area contributed by atoms with Crippen LogP contribution in [0.1, 0.15) is 16.5 Å². The molecule has 136 valence electrons. The number of nitrogens with one attached hydrogen (secondary N) is 2. The number of hydrogen-bond donors (Lipinski definition) is 2. The number of hydrogen-bond acceptors (Lipinski definition) is 3. The quantitative estimate of drug-likeness (QED) is 0.535. The maximum Gasteiger partial charge on any atom is 0.326 e. The van der Waals surface area contributed by atoms with Gasteiger partial charge in [-0.2, -0.15) is 0 Å². The van der Waals surface area contributed by atoms with E-state index in [1.54, 1.807) is 23.5 Å². The zero-order chi connectivity index (χ0) is 18.8. The fourth-order valence-electron chi connectivity index (χ4n) is 3.04. The molecule has 1 unspecified atom stereocenters. The normalized spacial score (nSPS) is 12.2. The number of imidazole rings is 1. The van der Waals surface area contributed by atoms with Crippen molar-refractivity contribution in [2.45, 2.75) is 12.6 Å². The Balaban J connectivity index is 1.61. The van der Waals surface area contributed by atoms with Crippen molar-refractivity contribution in [2.24, 2.45) is 0 Å². The highest BCUT2D eigenvalue weighted by Crippen LogP contribution is 2.27. The predicted octanol–water partition coefficient (Wildman–Crippen LogP) is 3.95. The first-order valence-electron chi connectivity index (χ1n) is 8.37. The van der Waals surface area contributed by atoms with Crippen LogP contribution in [0, 0.1) is 0 Å². The van der Waals surface area contributed by atoms with Crippen LogP contribution in [0.5, 0.6) is 0 Å². The number of fused-ring (bicyclic) bond motifs is 1. The Kier molecular flexibility index (Phi) is 4.83.